The van der Waals surface area contributed by atoms with Crippen LogP contribution in [0, 0.1) is 35.3 Å². The van der Waals surface area contributed by atoms with Crippen molar-refractivity contribution in [2.24, 2.45) is 0 Å². The van der Waals surface area contributed by atoms with Crippen LogP contribution in [0.15, 0.2) is 23.1 Å². The van der Waals surface area contributed by atoms with Gasteiger partial charge in [0, 0.05) is 29.6 Å². The van der Waals surface area contributed by atoms with Crippen molar-refractivity contribution in [1.29, 1.82) is 5.26 Å². The Balaban J connectivity index is 2.47. The average Bonchev–Trinajstić information content (AvgIpc) is 2.83. The summed E-state index contributed by atoms with van der Waals surface area (Å²) in [6, 6.07) is 4.26. The number of nitrogens with zero attached hydrogens (tertiary/aromatic N) is 4. The Hall–Kier alpha value is -3.21. The van der Waals surface area contributed by atoms with E-state index in [9.17, 15) is 19.7 Å². The molecule has 0 fully saturated rings. The smallest absolute Gasteiger partial charge is 0.287 e. The summed E-state index contributed by atoms with van der Waals surface area (Å²) in [5, 5.41) is 19.9. The van der Waals surface area contributed by atoms with E-state index in [1.807, 2.05) is 18.4 Å². The Bertz CT molecular complexity index is 931. The van der Waals surface area contributed by atoms with Crippen molar-refractivity contribution in [2.75, 3.05) is 0 Å². The van der Waals surface area contributed by atoms with Gasteiger partial charge in [-0.15, -0.1) is 0 Å². The van der Waals surface area contributed by atoms with Crippen LogP contribution in [0.4, 0.5) is 5.69 Å². The van der Waals surface area contributed by atoms with Gasteiger partial charge in [-0.25, -0.2) is 0 Å². The summed E-state index contributed by atoms with van der Waals surface area (Å²) in [6.07, 6.45) is 0.986. The number of Topliss-reactive ketones (excluding diaryl/α,β-unsaturated/α-hetero) is 1. The summed E-state index contributed by atoms with van der Waals surface area (Å²) in [5.74, 6) is -0.339. The van der Waals surface area contributed by atoms with Gasteiger partial charge in [0.05, 0.1) is 17.7 Å². The van der Waals surface area contributed by atoms with Crippen LogP contribution in [0.3, 0.4) is 0 Å². The number of pyridine rings is 1. The first-order valence-corrected chi connectivity index (χ1v) is 7.29. The Morgan fingerprint density at radius 2 is 2.04 bits per heavy atom. The van der Waals surface area contributed by atoms with Crippen LogP contribution in [0.1, 0.15) is 34.2 Å². The first kappa shape index (κ1) is 17.1. The van der Waals surface area contributed by atoms with E-state index < -0.39 is 16.2 Å². The normalized spacial score (nSPS) is 10.4. The van der Waals surface area contributed by atoms with Crippen LogP contribution in [0.2, 0.25) is 0 Å². The third-order valence-electron chi connectivity index (χ3n) is 3.91. The van der Waals surface area contributed by atoms with Crippen LogP contribution < -0.4 is 5.56 Å². The van der Waals surface area contributed by atoms with Gasteiger partial charge in [0.15, 0.2) is 5.78 Å². The van der Waals surface area contributed by atoms with Gasteiger partial charge in [0.1, 0.15) is 11.6 Å². The highest BCUT2D eigenvalue weighted by atomic mass is 16.6. The van der Waals surface area contributed by atoms with Gasteiger partial charge in [0.2, 0.25) is 0 Å². The second-order valence-electron chi connectivity index (χ2n) is 5.37. The maximum atomic E-state index is 12.5. The Morgan fingerprint density at radius 1 is 1.38 bits per heavy atom. The maximum Gasteiger partial charge on any atom is 0.287 e. The van der Waals surface area contributed by atoms with Gasteiger partial charge in [-0.2, -0.15) is 5.26 Å². The van der Waals surface area contributed by atoms with E-state index in [1.54, 1.807) is 19.1 Å². The molecular formula is C16H16N4O4. The number of nitro groups is 1. The van der Waals surface area contributed by atoms with E-state index >= 15 is 0 Å². The zero-order valence-electron chi connectivity index (χ0n) is 13.6. The topological polar surface area (TPSA) is 111 Å². The highest BCUT2D eigenvalue weighted by Crippen LogP contribution is 2.17. The first-order chi connectivity index (χ1) is 11.3. The highest BCUT2D eigenvalue weighted by molar-refractivity contribution is 5.97. The molecule has 0 atom stereocenters. The molecule has 0 saturated heterocycles. The number of hydrogen-bond donors (Lipinski definition) is 0. The fourth-order valence-electron chi connectivity index (χ4n) is 2.73. The van der Waals surface area contributed by atoms with Crippen LogP contribution in [-0.4, -0.2) is 19.8 Å². The maximum absolute atomic E-state index is 12.5. The van der Waals surface area contributed by atoms with Gasteiger partial charge < -0.3 is 4.57 Å². The van der Waals surface area contributed by atoms with E-state index in [0.717, 1.165) is 28.2 Å². The van der Waals surface area contributed by atoms with Gasteiger partial charge >= 0.3 is 0 Å². The molecule has 2 aromatic heterocycles. The molecule has 2 rings (SSSR count). The summed E-state index contributed by atoms with van der Waals surface area (Å²) in [4.78, 5) is 34.9. The first-order valence-electron chi connectivity index (χ1n) is 7.29. The summed E-state index contributed by atoms with van der Waals surface area (Å²) >= 11 is 0. The number of nitriles is 1. The molecule has 0 saturated carbocycles. The molecular weight excluding hydrogens is 312 g/mol. The number of carbonyl (C=O) groups excluding carboxylic acids is 1. The highest BCUT2D eigenvalue weighted by Gasteiger charge is 2.19. The van der Waals surface area contributed by atoms with E-state index in [-0.39, 0.29) is 17.9 Å². The van der Waals surface area contributed by atoms with Crippen molar-refractivity contribution in [1.82, 2.24) is 9.13 Å². The molecule has 2 aromatic rings. The summed E-state index contributed by atoms with van der Waals surface area (Å²) in [6.45, 7) is 5.99. The quantitative estimate of drug-likeness (QED) is 0.473. The molecule has 0 bridgehead atoms. The van der Waals surface area contributed by atoms with Gasteiger partial charge in [-0.3, -0.25) is 24.3 Å². The molecule has 0 unspecified atom stereocenters. The molecule has 0 amide bonds. The molecule has 0 aliphatic heterocycles. The van der Waals surface area contributed by atoms with Crippen molar-refractivity contribution >= 4 is 11.5 Å². The molecule has 24 heavy (non-hydrogen) atoms. The summed E-state index contributed by atoms with van der Waals surface area (Å²) in [7, 11) is 0. The van der Waals surface area contributed by atoms with E-state index in [4.69, 9.17) is 5.26 Å². The molecule has 0 aliphatic rings. The minimum Gasteiger partial charge on any atom is -0.349 e. The molecule has 2 heterocycles. The van der Waals surface area contributed by atoms with Crippen LogP contribution in [-0.2, 0) is 13.1 Å². The lowest BCUT2D eigenvalue weighted by Gasteiger charge is -2.07. The molecule has 0 spiro atoms. The molecule has 8 heteroatoms. The number of hydrogen-bond acceptors (Lipinski definition) is 5. The van der Waals surface area contributed by atoms with Crippen molar-refractivity contribution < 1.29 is 9.72 Å². The van der Waals surface area contributed by atoms with Gasteiger partial charge in [-0.05, 0) is 26.8 Å². The third kappa shape index (κ3) is 2.96. The Kier molecular flexibility index (Phi) is 4.64. The molecule has 0 radical (unpaired) electrons. The summed E-state index contributed by atoms with van der Waals surface area (Å²) < 4.78 is 2.88. The number of carbonyl (C=O) groups is 1. The van der Waals surface area contributed by atoms with E-state index in [1.165, 1.54) is 0 Å². The lowest BCUT2D eigenvalue weighted by Crippen LogP contribution is -2.26. The van der Waals surface area contributed by atoms with Crippen molar-refractivity contribution in [3.05, 3.63) is 61.3 Å². The SMILES string of the molecule is CCn1c(C)cc(C(=O)Cn2cc([N+](=O)[O-])cc(C#N)c2=O)c1C. The van der Waals surface area contributed by atoms with Crippen LogP contribution in [0.5, 0.6) is 0 Å². The Morgan fingerprint density at radius 3 is 2.54 bits per heavy atom. The van der Waals surface area contributed by atoms with Crippen molar-refractivity contribution in [3.63, 3.8) is 0 Å². The lowest BCUT2D eigenvalue weighted by atomic mass is 10.1. The molecule has 0 aromatic carbocycles. The monoisotopic (exact) mass is 328 g/mol. The summed E-state index contributed by atoms with van der Waals surface area (Å²) in [5.41, 5.74) is 0.669. The number of rotatable bonds is 5. The second kappa shape index (κ2) is 6.50. The number of aromatic nitrogens is 2. The van der Waals surface area contributed by atoms with E-state index in [0.29, 0.717) is 12.1 Å². The molecule has 0 aliphatic carbocycles. The average molecular weight is 328 g/mol. The lowest BCUT2D eigenvalue weighted by molar-refractivity contribution is -0.385. The van der Waals surface area contributed by atoms with Crippen molar-refractivity contribution in [3.8, 4) is 6.07 Å². The second-order valence-corrected chi connectivity index (χ2v) is 5.37. The molecule has 8 nitrogen and oxygen atoms in total. The largest absolute Gasteiger partial charge is 0.349 e. The van der Waals surface area contributed by atoms with Crippen LogP contribution in [0.25, 0.3) is 0 Å². The molecule has 124 valence electrons. The van der Waals surface area contributed by atoms with Gasteiger partial charge in [0.25, 0.3) is 11.2 Å². The fraction of sp³-hybridized carbons (Fsp3) is 0.312. The molecule has 0 N–H and O–H groups in total. The minimum atomic E-state index is -0.722. The Labute approximate surface area is 137 Å². The number of ketones is 1. The fourth-order valence-corrected chi connectivity index (χ4v) is 2.73. The predicted molar refractivity (Wildman–Crippen MR) is 86.0 cm³/mol. The van der Waals surface area contributed by atoms with E-state index in [2.05, 4.69) is 0 Å². The minimum absolute atomic E-state index is 0.339. The predicted octanol–water partition coefficient (Wildman–Crippen LogP) is 1.95. The van der Waals surface area contributed by atoms with Crippen molar-refractivity contribution in [2.45, 2.75) is 33.9 Å². The third-order valence-corrected chi connectivity index (χ3v) is 3.91. The van der Waals surface area contributed by atoms with Gasteiger partial charge in [-0.1, -0.05) is 0 Å². The standard InChI is InChI=1S/C16H16N4O4/c1-4-19-10(2)5-14(11(19)3)15(21)9-18-8-13(20(23)24)6-12(7-17)16(18)22/h5-6,8H,4,9H2,1-3H3. The van der Waals surface area contributed by atoms with Crippen LogP contribution >= 0.6 is 0 Å². The number of aryl methyl sites for hydroxylation is 1. The zero-order chi connectivity index (χ0) is 18.0. The zero-order valence-corrected chi connectivity index (χ0v) is 13.6.